The van der Waals surface area contributed by atoms with Gasteiger partial charge in [-0.2, -0.15) is 0 Å². The molecule has 140 valence electrons. The molecule has 2 amide bonds. The highest BCUT2D eigenvalue weighted by molar-refractivity contribution is 5.89. The van der Waals surface area contributed by atoms with E-state index < -0.39 is 5.54 Å². The van der Waals surface area contributed by atoms with E-state index in [1.165, 1.54) is 12.1 Å². The fraction of sp³-hybridized carbons (Fsp3) is 0.500. The zero-order valence-corrected chi connectivity index (χ0v) is 15.2. The number of carbonyl (C=O) groups is 1. The smallest absolute Gasteiger partial charge is 0.321 e. The van der Waals surface area contributed by atoms with Crippen molar-refractivity contribution in [3.8, 4) is 0 Å². The standard InChI is InChI=1S/C18H25FN6O/c1-18(2,20)16-12-25(23-22-16)11-13-6-8-24(9-7-13)17(26)21-15-5-3-4-14(19)10-15/h3-5,10,12-13H,6-9,11,20H2,1-2H3,(H,21,26). The molecule has 3 N–H and O–H groups in total. The van der Waals surface area contributed by atoms with Crippen LogP contribution in [0.4, 0.5) is 14.9 Å². The molecule has 1 aliphatic heterocycles. The van der Waals surface area contributed by atoms with Gasteiger partial charge in [0.2, 0.25) is 0 Å². The molecule has 7 nitrogen and oxygen atoms in total. The van der Waals surface area contributed by atoms with Gasteiger partial charge in [0, 0.05) is 25.3 Å². The number of aromatic nitrogens is 3. The van der Waals surface area contributed by atoms with E-state index in [-0.39, 0.29) is 11.8 Å². The minimum Gasteiger partial charge on any atom is -0.325 e. The molecule has 1 aromatic heterocycles. The maximum absolute atomic E-state index is 13.2. The van der Waals surface area contributed by atoms with Crippen LogP contribution in [0.2, 0.25) is 0 Å². The second-order valence-corrected chi connectivity index (χ2v) is 7.42. The zero-order valence-electron chi connectivity index (χ0n) is 15.2. The number of nitrogens with two attached hydrogens (primary N) is 1. The van der Waals surface area contributed by atoms with E-state index in [2.05, 4.69) is 15.6 Å². The molecule has 1 fully saturated rings. The number of rotatable bonds is 4. The lowest BCUT2D eigenvalue weighted by atomic mass is 9.97. The Bertz CT molecular complexity index is 761. The monoisotopic (exact) mass is 360 g/mol. The van der Waals surface area contributed by atoms with Crippen molar-refractivity contribution in [2.45, 2.75) is 38.8 Å². The maximum Gasteiger partial charge on any atom is 0.321 e. The highest BCUT2D eigenvalue weighted by Gasteiger charge is 2.24. The van der Waals surface area contributed by atoms with Crippen molar-refractivity contribution < 1.29 is 9.18 Å². The molecule has 0 spiro atoms. The summed E-state index contributed by atoms with van der Waals surface area (Å²) in [6.45, 7) is 5.89. The van der Waals surface area contributed by atoms with Crippen molar-refractivity contribution in [3.05, 3.63) is 42.0 Å². The third kappa shape index (κ3) is 4.57. The van der Waals surface area contributed by atoms with Gasteiger partial charge >= 0.3 is 6.03 Å². The molecule has 0 radical (unpaired) electrons. The van der Waals surface area contributed by atoms with Crippen molar-refractivity contribution in [1.29, 1.82) is 0 Å². The Balaban J connectivity index is 1.49. The van der Waals surface area contributed by atoms with Gasteiger partial charge in [-0.1, -0.05) is 11.3 Å². The van der Waals surface area contributed by atoms with Crippen LogP contribution < -0.4 is 11.1 Å². The zero-order chi connectivity index (χ0) is 18.7. The van der Waals surface area contributed by atoms with E-state index in [1.807, 2.05) is 24.7 Å². The lowest BCUT2D eigenvalue weighted by molar-refractivity contribution is 0.175. The second-order valence-electron chi connectivity index (χ2n) is 7.42. The quantitative estimate of drug-likeness (QED) is 0.877. The van der Waals surface area contributed by atoms with Crippen LogP contribution in [0, 0.1) is 11.7 Å². The number of anilines is 1. The lowest BCUT2D eigenvalue weighted by Gasteiger charge is -2.31. The van der Waals surface area contributed by atoms with Gasteiger partial charge in [0.1, 0.15) is 11.5 Å². The number of carbonyl (C=O) groups excluding carboxylic acids is 1. The molecule has 1 saturated heterocycles. The van der Waals surface area contributed by atoms with Gasteiger partial charge < -0.3 is 16.0 Å². The highest BCUT2D eigenvalue weighted by Crippen LogP contribution is 2.21. The number of halogens is 1. The first-order valence-electron chi connectivity index (χ1n) is 8.82. The predicted molar refractivity (Wildman–Crippen MR) is 97.0 cm³/mol. The Morgan fingerprint density at radius 2 is 2.12 bits per heavy atom. The summed E-state index contributed by atoms with van der Waals surface area (Å²) in [4.78, 5) is 14.1. The van der Waals surface area contributed by atoms with Crippen molar-refractivity contribution in [2.24, 2.45) is 11.7 Å². The summed E-state index contributed by atoms with van der Waals surface area (Å²) >= 11 is 0. The van der Waals surface area contributed by atoms with Gasteiger partial charge in [0.05, 0.1) is 11.7 Å². The van der Waals surface area contributed by atoms with Gasteiger partial charge in [-0.25, -0.2) is 9.18 Å². The van der Waals surface area contributed by atoms with Crippen molar-refractivity contribution in [3.63, 3.8) is 0 Å². The first-order chi connectivity index (χ1) is 12.3. The summed E-state index contributed by atoms with van der Waals surface area (Å²) in [5.41, 5.74) is 6.77. The van der Waals surface area contributed by atoms with Crippen molar-refractivity contribution in [2.75, 3.05) is 18.4 Å². The van der Waals surface area contributed by atoms with Crippen LogP contribution in [0.1, 0.15) is 32.4 Å². The fourth-order valence-electron chi connectivity index (χ4n) is 3.03. The molecule has 1 aromatic carbocycles. The number of nitrogens with one attached hydrogen (secondary N) is 1. The Labute approximate surface area is 152 Å². The number of urea groups is 1. The van der Waals surface area contributed by atoms with Crippen LogP contribution in [0.15, 0.2) is 30.5 Å². The summed E-state index contributed by atoms with van der Waals surface area (Å²) in [5, 5.41) is 11.0. The van der Waals surface area contributed by atoms with Gasteiger partial charge in [0.15, 0.2) is 0 Å². The number of piperidine rings is 1. The normalized spacial score (nSPS) is 15.9. The van der Waals surface area contributed by atoms with Crippen LogP contribution in [0.5, 0.6) is 0 Å². The number of benzene rings is 1. The third-order valence-corrected chi connectivity index (χ3v) is 4.62. The third-order valence-electron chi connectivity index (χ3n) is 4.62. The predicted octanol–water partition coefficient (Wildman–Crippen LogP) is 2.56. The van der Waals surface area contributed by atoms with E-state index in [4.69, 9.17) is 5.73 Å². The van der Waals surface area contributed by atoms with Gasteiger partial charge in [-0.05, 0) is 50.8 Å². The second kappa shape index (κ2) is 7.41. The van der Waals surface area contributed by atoms with E-state index in [1.54, 1.807) is 17.0 Å². The molecule has 8 heteroatoms. The topological polar surface area (TPSA) is 89.1 Å². The first-order valence-corrected chi connectivity index (χ1v) is 8.82. The van der Waals surface area contributed by atoms with Crippen molar-refractivity contribution in [1.82, 2.24) is 19.9 Å². The summed E-state index contributed by atoms with van der Waals surface area (Å²) in [5.74, 6) is 0.0676. The summed E-state index contributed by atoms with van der Waals surface area (Å²) in [7, 11) is 0. The molecule has 2 heterocycles. The molecule has 0 aliphatic carbocycles. The molecule has 1 aliphatic rings. The lowest BCUT2D eigenvalue weighted by Crippen LogP contribution is -2.41. The molecular formula is C18H25FN6O. The number of hydrogen-bond acceptors (Lipinski definition) is 4. The minimum absolute atomic E-state index is 0.193. The molecule has 0 bridgehead atoms. The van der Waals surface area contributed by atoms with Crippen molar-refractivity contribution >= 4 is 11.7 Å². The van der Waals surface area contributed by atoms with Crippen LogP contribution in [-0.2, 0) is 12.1 Å². The Kier molecular flexibility index (Phi) is 5.22. The molecule has 0 atom stereocenters. The number of nitrogens with zero attached hydrogens (tertiary/aromatic N) is 4. The van der Waals surface area contributed by atoms with Crippen LogP contribution in [0.25, 0.3) is 0 Å². The Morgan fingerprint density at radius 1 is 1.38 bits per heavy atom. The number of hydrogen-bond donors (Lipinski definition) is 2. The van der Waals surface area contributed by atoms with E-state index in [9.17, 15) is 9.18 Å². The van der Waals surface area contributed by atoms with Crippen LogP contribution in [-0.4, -0.2) is 39.0 Å². The average Bonchev–Trinajstić information content (AvgIpc) is 3.04. The summed E-state index contributed by atoms with van der Waals surface area (Å²) in [6.07, 6.45) is 3.67. The largest absolute Gasteiger partial charge is 0.325 e. The van der Waals surface area contributed by atoms with Gasteiger partial charge in [0.25, 0.3) is 0 Å². The first kappa shape index (κ1) is 18.3. The Morgan fingerprint density at radius 3 is 2.73 bits per heavy atom. The average molecular weight is 360 g/mol. The summed E-state index contributed by atoms with van der Waals surface area (Å²) < 4.78 is 15.0. The molecule has 0 saturated carbocycles. The Hall–Kier alpha value is -2.48. The van der Waals surface area contributed by atoms with E-state index in [0.29, 0.717) is 24.7 Å². The number of likely N-dealkylation sites (tertiary alicyclic amines) is 1. The molecule has 3 rings (SSSR count). The molecule has 26 heavy (non-hydrogen) atoms. The van der Waals surface area contributed by atoms with Crippen LogP contribution >= 0.6 is 0 Å². The molecule has 2 aromatic rings. The van der Waals surface area contributed by atoms with Gasteiger partial charge in [-0.3, -0.25) is 4.68 Å². The molecule has 0 unspecified atom stereocenters. The highest BCUT2D eigenvalue weighted by atomic mass is 19.1. The van der Waals surface area contributed by atoms with E-state index >= 15 is 0 Å². The van der Waals surface area contributed by atoms with E-state index in [0.717, 1.165) is 25.1 Å². The maximum atomic E-state index is 13.2. The van der Waals surface area contributed by atoms with Gasteiger partial charge in [-0.15, -0.1) is 5.10 Å². The SMILES string of the molecule is CC(C)(N)c1cn(CC2CCN(C(=O)Nc3cccc(F)c3)CC2)nn1. The molecular weight excluding hydrogens is 335 g/mol. The minimum atomic E-state index is -0.503. The fourth-order valence-corrected chi connectivity index (χ4v) is 3.03. The summed E-state index contributed by atoms with van der Waals surface area (Å²) in [6, 6.07) is 5.72. The van der Waals surface area contributed by atoms with Crippen LogP contribution in [0.3, 0.4) is 0 Å². The number of amides is 2.